The minimum absolute atomic E-state index is 0.0331. The molecule has 3 aromatic rings. The standard InChI is InChI=1S/C15H14N2O3S/c1-15(2,3)14-16-12-8(5-4-6-11(12)21-14)10-7-9(13(18)19)17-20-10/h4-7H,1-3H3,(H,18,19). The van der Waals surface area contributed by atoms with E-state index in [4.69, 9.17) is 14.6 Å². The molecule has 0 radical (unpaired) electrons. The number of carbonyl (C=O) groups is 1. The third kappa shape index (κ3) is 2.42. The van der Waals surface area contributed by atoms with Crippen LogP contribution in [0.25, 0.3) is 21.5 Å². The summed E-state index contributed by atoms with van der Waals surface area (Å²) in [6, 6.07) is 7.19. The van der Waals surface area contributed by atoms with Crippen LogP contribution < -0.4 is 0 Å². The topological polar surface area (TPSA) is 76.2 Å². The molecule has 0 unspecified atom stereocenters. The van der Waals surface area contributed by atoms with Crippen molar-refractivity contribution in [3.8, 4) is 11.3 Å². The lowest BCUT2D eigenvalue weighted by Crippen LogP contribution is -2.09. The van der Waals surface area contributed by atoms with Gasteiger partial charge >= 0.3 is 5.97 Å². The Kier molecular flexibility index (Phi) is 3.06. The summed E-state index contributed by atoms with van der Waals surface area (Å²) in [4.78, 5) is 15.6. The minimum Gasteiger partial charge on any atom is -0.476 e. The van der Waals surface area contributed by atoms with Crippen molar-refractivity contribution in [1.29, 1.82) is 0 Å². The van der Waals surface area contributed by atoms with Crippen molar-refractivity contribution in [2.24, 2.45) is 0 Å². The van der Waals surface area contributed by atoms with Crippen molar-refractivity contribution in [3.05, 3.63) is 35.0 Å². The fourth-order valence-electron chi connectivity index (χ4n) is 1.97. The minimum atomic E-state index is -1.11. The lowest BCUT2D eigenvalue weighted by atomic mass is 9.98. The summed E-state index contributed by atoms with van der Waals surface area (Å²) in [6.07, 6.45) is 0. The second-order valence-electron chi connectivity index (χ2n) is 5.80. The lowest BCUT2D eigenvalue weighted by molar-refractivity contribution is 0.0686. The third-order valence-electron chi connectivity index (χ3n) is 3.06. The number of aromatic carboxylic acids is 1. The second kappa shape index (κ2) is 4.66. The van der Waals surface area contributed by atoms with Gasteiger partial charge in [0.05, 0.1) is 15.2 Å². The highest BCUT2D eigenvalue weighted by Crippen LogP contribution is 2.36. The van der Waals surface area contributed by atoms with E-state index in [1.54, 1.807) is 11.3 Å². The maximum Gasteiger partial charge on any atom is 0.358 e. The zero-order chi connectivity index (χ0) is 15.2. The van der Waals surface area contributed by atoms with E-state index in [2.05, 4.69) is 25.9 Å². The van der Waals surface area contributed by atoms with E-state index in [-0.39, 0.29) is 11.1 Å². The fourth-order valence-corrected chi connectivity index (χ4v) is 3.02. The highest BCUT2D eigenvalue weighted by atomic mass is 32.1. The van der Waals surface area contributed by atoms with Crippen LogP contribution in [0.5, 0.6) is 0 Å². The van der Waals surface area contributed by atoms with E-state index in [1.807, 2.05) is 18.2 Å². The number of para-hydroxylation sites is 1. The average molecular weight is 302 g/mol. The molecule has 2 aromatic heterocycles. The van der Waals surface area contributed by atoms with Gasteiger partial charge in [-0.05, 0) is 12.1 Å². The SMILES string of the molecule is CC(C)(C)c1nc2c(-c3cc(C(=O)O)no3)cccc2s1. The number of hydrogen-bond donors (Lipinski definition) is 1. The van der Waals surface area contributed by atoms with Crippen molar-refractivity contribution in [2.75, 3.05) is 0 Å². The van der Waals surface area contributed by atoms with Crippen LogP contribution in [0.1, 0.15) is 36.3 Å². The molecule has 0 saturated heterocycles. The van der Waals surface area contributed by atoms with E-state index in [0.29, 0.717) is 5.76 Å². The van der Waals surface area contributed by atoms with Gasteiger partial charge in [0.1, 0.15) is 0 Å². The summed E-state index contributed by atoms with van der Waals surface area (Å²) >= 11 is 1.64. The van der Waals surface area contributed by atoms with Crippen molar-refractivity contribution in [2.45, 2.75) is 26.2 Å². The van der Waals surface area contributed by atoms with Gasteiger partial charge in [0, 0.05) is 17.0 Å². The molecule has 0 atom stereocenters. The molecule has 3 rings (SSSR count). The predicted octanol–water partition coefficient (Wildman–Crippen LogP) is 3.95. The molecule has 0 aliphatic carbocycles. The van der Waals surface area contributed by atoms with Gasteiger partial charge in [-0.25, -0.2) is 9.78 Å². The van der Waals surface area contributed by atoms with Crippen LogP contribution in [0.15, 0.2) is 28.8 Å². The van der Waals surface area contributed by atoms with Gasteiger partial charge in [0.25, 0.3) is 0 Å². The summed E-state index contributed by atoms with van der Waals surface area (Å²) in [5, 5.41) is 13.5. The van der Waals surface area contributed by atoms with E-state index in [1.165, 1.54) is 6.07 Å². The summed E-state index contributed by atoms with van der Waals surface area (Å²) in [5.74, 6) is -0.686. The maximum absolute atomic E-state index is 10.9. The Labute approximate surface area is 125 Å². The number of hydrogen-bond acceptors (Lipinski definition) is 5. The number of nitrogens with zero attached hydrogens (tertiary/aromatic N) is 2. The molecule has 5 nitrogen and oxygen atoms in total. The Balaban J connectivity index is 2.18. The van der Waals surface area contributed by atoms with Crippen LogP contribution in [0.2, 0.25) is 0 Å². The van der Waals surface area contributed by atoms with Crippen LogP contribution >= 0.6 is 11.3 Å². The van der Waals surface area contributed by atoms with Crippen LogP contribution in [-0.4, -0.2) is 21.2 Å². The first-order chi connectivity index (χ1) is 9.86. The molecule has 1 N–H and O–H groups in total. The zero-order valence-electron chi connectivity index (χ0n) is 11.9. The predicted molar refractivity (Wildman–Crippen MR) is 80.8 cm³/mol. The molecule has 6 heteroatoms. The van der Waals surface area contributed by atoms with Crippen LogP contribution in [0.4, 0.5) is 0 Å². The lowest BCUT2D eigenvalue weighted by Gasteiger charge is -2.13. The van der Waals surface area contributed by atoms with Crippen LogP contribution in [0, 0.1) is 0 Å². The van der Waals surface area contributed by atoms with Crippen molar-refractivity contribution in [1.82, 2.24) is 10.1 Å². The molecule has 0 saturated carbocycles. The Bertz CT molecular complexity index is 827. The van der Waals surface area contributed by atoms with E-state index in [0.717, 1.165) is 20.8 Å². The maximum atomic E-state index is 10.9. The third-order valence-corrected chi connectivity index (χ3v) is 4.50. The zero-order valence-corrected chi connectivity index (χ0v) is 12.7. The molecule has 0 spiro atoms. The molecule has 21 heavy (non-hydrogen) atoms. The molecule has 1 aromatic carbocycles. The first-order valence-corrected chi connectivity index (χ1v) is 7.28. The molecule has 2 heterocycles. The summed E-state index contributed by atoms with van der Waals surface area (Å²) in [7, 11) is 0. The second-order valence-corrected chi connectivity index (χ2v) is 6.83. The largest absolute Gasteiger partial charge is 0.476 e. The molecule has 0 aliphatic heterocycles. The molecule has 0 fully saturated rings. The van der Waals surface area contributed by atoms with E-state index < -0.39 is 5.97 Å². The average Bonchev–Trinajstić information content (AvgIpc) is 3.04. The normalized spacial score (nSPS) is 12.0. The van der Waals surface area contributed by atoms with Gasteiger partial charge in [-0.2, -0.15) is 0 Å². The van der Waals surface area contributed by atoms with Gasteiger partial charge in [-0.15, -0.1) is 11.3 Å². The Morgan fingerprint density at radius 1 is 1.33 bits per heavy atom. The van der Waals surface area contributed by atoms with Gasteiger partial charge in [0.15, 0.2) is 11.5 Å². The van der Waals surface area contributed by atoms with Gasteiger partial charge in [-0.1, -0.05) is 32.0 Å². The number of aromatic nitrogens is 2. The summed E-state index contributed by atoms with van der Waals surface area (Å²) < 4.78 is 6.20. The fraction of sp³-hybridized carbons (Fsp3) is 0.267. The van der Waals surface area contributed by atoms with E-state index >= 15 is 0 Å². The number of fused-ring (bicyclic) bond motifs is 1. The van der Waals surface area contributed by atoms with Crippen molar-refractivity contribution >= 4 is 27.5 Å². The Morgan fingerprint density at radius 3 is 2.71 bits per heavy atom. The summed E-state index contributed by atoms with van der Waals surface area (Å²) in [6.45, 7) is 6.34. The van der Waals surface area contributed by atoms with E-state index in [9.17, 15) is 4.79 Å². The van der Waals surface area contributed by atoms with Crippen molar-refractivity contribution < 1.29 is 14.4 Å². The molecule has 0 amide bonds. The van der Waals surface area contributed by atoms with Crippen LogP contribution in [0.3, 0.4) is 0 Å². The number of rotatable bonds is 2. The van der Waals surface area contributed by atoms with Crippen LogP contribution in [-0.2, 0) is 5.41 Å². The quantitative estimate of drug-likeness (QED) is 0.775. The number of carboxylic acids is 1. The molecule has 0 bridgehead atoms. The Hall–Kier alpha value is -2.21. The first-order valence-electron chi connectivity index (χ1n) is 6.46. The highest BCUT2D eigenvalue weighted by molar-refractivity contribution is 7.18. The van der Waals surface area contributed by atoms with Crippen molar-refractivity contribution in [3.63, 3.8) is 0 Å². The molecular formula is C15H14N2O3S. The molecular weight excluding hydrogens is 288 g/mol. The summed E-state index contributed by atoms with van der Waals surface area (Å²) in [5.41, 5.74) is 1.45. The smallest absolute Gasteiger partial charge is 0.358 e. The van der Waals surface area contributed by atoms with Gasteiger partial charge < -0.3 is 9.63 Å². The number of thiazole rings is 1. The number of carboxylic acid groups (broad SMARTS) is 1. The monoisotopic (exact) mass is 302 g/mol. The Morgan fingerprint density at radius 2 is 2.10 bits per heavy atom. The number of benzene rings is 1. The van der Waals surface area contributed by atoms with Gasteiger partial charge in [-0.3, -0.25) is 0 Å². The van der Waals surface area contributed by atoms with Gasteiger partial charge in [0.2, 0.25) is 0 Å². The molecule has 108 valence electrons. The molecule has 0 aliphatic rings. The highest BCUT2D eigenvalue weighted by Gasteiger charge is 2.21. The first kappa shape index (κ1) is 13.8.